The van der Waals surface area contributed by atoms with E-state index >= 15 is 0 Å². The zero-order chi connectivity index (χ0) is 15.5. The Balaban J connectivity index is 2.12. The maximum absolute atomic E-state index is 8.83. The molecule has 0 aromatic heterocycles. The lowest BCUT2D eigenvalue weighted by Gasteiger charge is -2.19. The van der Waals surface area contributed by atoms with Crippen molar-refractivity contribution < 1.29 is 4.74 Å². The third kappa shape index (κ3) is 4.00. The Kier molecular flexibility index (Phi) is 4.55. The molecule has 0 radical (unpaired) electrons. The number of nitrogens with zero attached hydrogens (tertiary/aromatic N) is 1. The van der Waals surface area contributed by atoms with E-state index < -0.39 is 0 Å². The second-order valence-electron chi connectivity index (χ2n) is 5.98. The van der Waals surface area contributed by atoms with Gasteiger partial charge in [-0.25, -0.2) is 0 Å². The largest absolute Gasteiger partial charge is 0.489 e. The summed E-state index contributed by atoms with van der Waals surface area (Å²) in [5, 5.41) is 9.38. The van der Waals surface area contributed by atoms with Gasteiger partial charge in [-0.2, -0.15) is 5.26 Å². The average molecular weight is 300 g/mol. The van der Waals surface area contributed by atoms with Gasteiger partial charge < -0.3 is 4.74 Å². The van der Waals surface area contributed by atoms with Crippen molar-refractivity contribution >= 4 is 11.6 Å². The molecule has 0 aliphatic rings. The van der Waals surface area contributed by atoms with E-state index in [0.29, 0.717) is 17.2 Å². The summed E-state index contributed by atoms with van der Waals surface area (Å²) in [4.78, 5) is 0. The van der Waals surface area contributed by atoms with Crippen LogP contribution < -0.4 is 4.74 Å². The molecule has 0 bridgehead atoms. The first-order chi connectivity index (χ1) is 9.90. The number of nitriles is 1. The molecule has 0 fully saturated rings. The number of hydrogen-bond acceptors (Lipinski definition) is 2. The van der Waals surface area contributed by atoms with E-state index in [0.717, 1.165) is 11.3 Å². The maximum Gasteiger partial charge on any atom is 0.120 e. The number of ether oxygens (including phenoxy) is 1. The molecule has 0 aliphatic carbocycles. The normalized spacial score (nSPS) is 11.0. The van der Waals surface area contributed by atoms with Crippen molar-refractivity contribution in [3.05, 3.63) is 64.2 Å². The number of rotatable bonds is 3. The first-order valence-electron chi connectivity index (χ1n) is 6.82. The Hall–Kier alpha value is -1.98. The molecule has 0 N–H and O–H groups in total. The van der Waals surface area contributed by atoms with Crippen molar-refractivity contribution in [2.24, 2.45) is 0 Å². The standard InChI is InChI=1S/C18H18ClNO/c1-18(2,3)15-5-4-6-16(10-15)21-12-14-8-7-13(11-20)9-17(14)19/h4-10H,12H2,1-3H3. The molecular formula is C18H18ClNO. The van der Waals surface area contributed by atoms with Crippen LogP contribution in [0.4, 0.5) is 0 Å². The summed E-state index contributed by atoms with van der Waals surface area (Å²) in [6.07, 6.45) is 0. The Labute approximate surface area is 130 Å². The highest BCUT2D eigenvalue weighted by molar-refractivity contribution is 6.31. The summed E-state index contributed by atoms with van der Waals surface area (Å²) < 4.78 is 5.81. The monoisotopic (exact) mass is 299 g/mol. The van der Waals surface area contributed by atoms with E-state index in [-0.39, 0.29) is 5.41 Å². The van der Waals surface area contributed by atoms with Gasteiger partial charge in [0.1, 0.15) is 12.4 Å². The molecule has 0 saturated carbocycles. The molecule has 0 spiro atoms. The molecule has 108 valence electrons. The van der Waals surface area contributed by atoms with Crippen molar-refractivity contribution in [2.45, 2.75) is 32.8 Å². The van der Waals surface area contributed by atoms with Gasteiger partial charge >= 0.3 is 0 Å². The molecule has 0 atom stereocenters. The van der Waals surface area contributed by atoms with Gasteiger partial charge in [-0.3, -0.25) is 0 Å². The Bertz CT molecular complexity index is 680. The van der Waals surface area contributed by atoms with Crippen LogP contribution in [0.2, 0.25) is 5.02 Å². The van der Waals surface area contributed by atoms with Gasteiger partial charge in [0.05, 0.1) is 11.6 Å². The molecule has 0 unspecified atom stereocenters. The van der Waals surface area contributed by atoms with Crippen molar-refractivity contribution in [3.63, 3.8) is 0 Å². The minimum Gasteiger partial charge on any atom is -0.489 e. The minimum absolute atomic E-state index is 0.0887. The fourth-order valence-corrected chi connectivity index (χ4v) is 2.18. The second-order valence-corrected chi connectivity index (χ2v) is 6.39. The van der Waals surface area contributed by atoms with Crippen LogP contribution in [0.5, 0.6) is 5.75 Å². The van der Waals surface area contributed by atoms with Gasteiger partial charge in [-0.1, -0.05) is 50.6 Å². The molecule has 0 amide bonds. The highest BCUT2D eigenvalue weighted by atomic mass is 35.5. The van der Waals surface area contributed by atoms with Crippen molar-refractivity contribution in [1.29, 1.82) is 5.26 Å². The van der Waals surface area contributed by atoms with E-state index in [2.05, 4.69) is 39.0 Å². The van der Waals surface area contributed by atoms with Gasteiger partial charge in [0, 0.05) is 10.6 Å². The summed E-state index contributed by atoms with van der Waals surface area (Å²) in [7, 11) is 0. The van der Waals surface area contributed by atoms with E-state index in [4.69, 9.17) is 21.6 Å². The minimum atomic E-state index is 0.0887. The molecule has 2 aromatic carbocycles. The van der Waals surface area contributed by atoms with Crippen molar-refractivity contribution in [2.75, 3.05) is 0 Å². The van der Waals surface area contributed by atoms with Crippen molar-refractivity contribution in [1.82, 2.24) is 0 Å². The van der Waals surface area contributed by atoms with Crippen LogP contribution in [0.1, 0.15) is 37.5 Å². The van der Waals surface area contributed by atoms with E-state index in [1.165, 1.54) is 5.56 Å². The first kappa shape index (κ1) is 15.4. The molecule has 2 rings (SSSR count). The van der Waals surface area contributed by atoms with Gasteiger partial charge in [0.2, 0.25) is 0 Å². The smallest absolute Gasteiger partial charge is 0.120 e. The lowest BCUT2D eigenvalue weighted by Crippen LogP contribution is -2.11. The third-order valence-corrected chi connectivity index (χ3v) is 3.63. The fourth-order valence-electron chi connectivity index (χ4n) is 1.95. The maximum atomic E-state index is 8.83. The Morgan fingerprint density at radius 3 is 2.52 bits per heavy atom. The SMILES string of the molecule is CC(C)(C)c1cccc(OCc2ccc(C#N)cc2Cl)c1. The van der Waals surface area contributed by atoms with Crippen LogP contribution in [0.3, 0.4) is 0 Å². The zero-order valence-corrected chi connectivity index (χ0v) is 13.2. The molecule has 0 heterocycles. The summed E-state index contributed by atoms with van der Waals surface area (Å²) in [6, 6.07) is 15.4. The van der Waals surface area contributed by atoms with Crippen LogP contribution in [-0.2, 0) is 12.0 Å². The van der Waals surface area contributed by atoms with E-state index in [1.54, 1.807) is 12.1 Å². The fraction of sp³-hybridized carbons (Fsp3) is 0.278. The van der Waals surface area contributed by atoms with Crippen LogP contribution in [0.15, 0.2) is 42.5 Å². The molecule has 2 nitrogen and oxygen atoms in total. The van der Waals surface area contributed by atoms with Crippen LogP contribution >= 0.6 is 11.6 Å². The van der Waals surface area contributed by atoms with Gasteiger partial charge in [-0.05, 0) is 35.2 Å². The zero-order valence-electron chi connectivity index (χ0n) is 12.5. The molecule has 2 aromatic rings. The Morgan fingerprint density at radius 1 is 1.14 bits per heavy atom. The Morgan fingerprint density at radius 2 is 1.90 bits per heavy atom. The quantitative estimate of drug-likeness (QED) is 0.791. The summed E-state index contributed by atoms with van der Waals surface area (Å²) >= 11 is 6.15. The van der Waals surface area contributed by atoms with Gasteiger partial charge in [-0.15, -0.1) is 0 Å². The highest BCUT2D eigenvalue weighted by Crippen LogP contribution is 2.26. The van der Waals surface area contributed by atoms with Crippen LogP contribution in [0, 0.1) is 11.3 Å². The number of halogens is 1. The van der Waals surface area contributed by atoms with Crippen LogP contribution in [0.25, 0.3) is 0 Å². The first-order valence-corrected chi connectivity index (χ1v) is 7.20. The number of benzene rings is 2. The van der Waals surface area contributed by atoms with E-state index in [9.17, 15) is 0 Å². The molecule has 21 heavy (non-hydrogen) atoms. The van der Waals surface area contributed by atoms with Gasteiger partial charge in [0.25, 0.3) is 0 Å². The lowest BCUT2D eigenvalue weighted by molar-refractivity contribution is 0.305. The lowest BCUT2D eigenvalue weighted by atomic mass is 9.87. The predicted octanol–water partition coefficient (Wildman–Crippen LogP) is 5.09. The van der Waals surface area contributed by atoms with Crippen LogP contribution in [-0.4, -0.2) is 0 Å². The molecule has 0 saturated heterocycles. The molecule has 0 aliphatic heterocycles. The number of hydrogen-bond donors (Lipinski definition) is 0. The highest BCUT2D eigenvalue weighted by Gasteiger charge is 2.14. The summed E-state index contributed by atoms with van der Waals surface area (Å²) in [5.74, 6) is 0.822. The topological polar surface area (TPSA) is 33.0 Å². The van der Waals surface area contributed by atoms with E-state index in [1.807, 2.05) is 18.2 Å². The second kappa shape index (κ2) is 6.20. The third-order valence-electron chi connectivity index (χ3n) is 3.28. The summed E-state index contributed by atoms with van der Waals surface area (Å²) in [5.41, 5.74) is 2.74. The average Bonchev–Trinajstić information content (AvgIpc) is 2.45. The molecule has 3 heteroatoms. The molecular weight excluding hydrogens is 282 g/mol. The summed E-state index contributed by atoms with van der Waals surface area (Å²) in [6.45, 7) is 6.90. The van der Waals surface area contributed by atoms with Gasteiger partial charge in [0.15, 0.2) is 0 Å². The predicted molar refractivity (Wildman–Crippen MR) is 85.6 cm³/mol. The van der Waals surface area contributed by atoms with Crippen molar-refractivity contribution in [3.8, 4) is 11.8 Å².